The van der Waals surface area contributed by atoms with Crippen molar-refractivity contribution < 1.29 is 14.0 Å². The van der Waals surface area contributed by atoms with Crippen LogP contribution in [0.5, 0.6) is 0 Å². The lowest BCUT2D eigenvalue weighted by molar-refractivity contribution is -0.114. The lowest BCUT2D eigenvalue weighted by Crippen LogP contribution is -2.13. The van der Waals surface area contributed by atoms with Gasteiger partial charge in [-0.3, -0.25) is 9.59 Å². The van der Waals surface area contributed by atoms with Gasteiger partial charge in [0.15, 0.2) is 0 Å². The molecule has 116 valence electrons. The number of aromatic amines is 1. The van der Waals surface area contributed by atoms with Crippen molar-refractivity contribution in [2.45, 2.75) is 6.92 Å². The Morgan fingerprint density at radius 2 is 1.83 bits per heavy atom. The Balaban J connectivity index is 1.83. The highest BCUT2D eigenvalue weighted by atomic mass is 19.1. The van der Waals surface area contributed by atoms with Crippen LogP contribution in [0.2, 0.25) is 0 Å². The largest absolute Gasteiger partial charge is 0.324 e. The number of carbonyl (C=O) groups excluding carboxylic acids is 2. The average Bonchev–Trinajstić information content (AvgIpc) is 2.97. The minimum Gasteiger partial charge on any atom is -0.324 e. The van der Waals surface area contributed by atoms with Crippen molar-refractivity contribution in [3.8, 4) is 0 Å². The monoisotopic (exact) mass is 313 g/mol. The van der Waals surface area contributed by atoms with E-state index in [0.29, 0.717) is 22.3 Å². The minimum absolute atomic E-state index is 0.00209. The number of nitrogens with one attached hydrogen (secondary N) is 3. The molecule has 2 aromatic carbocycles. The first kappa shape index (κ1) is 14.6. The Labute approximate surface area is 129 Å². The van der Waals surface area contributed by atoms with Crippen molar-refractivity contribution in [3.05, 3.63) is 47.8 Å². The van der Waals surface area contributed by atoms with Gasteiger partial charge in [0, 0.05) is 18.2 Å². The summed E-state index contributed by atoms with van der Waals surface area (Å²) in [5.41, 5.74) is 1.96. The van der Waals surface area contributed by atoms with Crippen LogP contribution in [0.3, 0.4) is 0 Å². The van der Waals surface area contributed by atoms with Gasteiger partial charge in [0.05, 0.1) is 5.69 Å². The van der Waals surface area contributed by atoms with Gasteiger partial charge in [-0.1, -0.05) is 0 Å². The summed E-state index contributed by atoms with van der Waals surface area (Å²) in [5.74, 6) is -1.36. The molecule has 1 heterocycles. The molecule has 0 aliphatic heterocycles. The molecule has 0 saturated carbocycles. The number of carbonyl (C=O) groups is 2. The molecule has 23 heavy (non-hydrogen) atoms. The van der Waals surface area contributed by atoms with E-state index >= 15 is 0 Å². The van der Waals surface area contributed by atoms with Crippen LogP contribution in [0.1, 0.15) is 17.3 Å². The van der Waals surface area contributed by atoms with Gasteiger partial charge in [-0.05, 0) is 36.4 Å². The molecule has 8 heteroatoms. The van der Waals surface area contributed by atoms with Gasteiger partial charge in [0.2, 0.25) is 5.91 Å². The molecule has 0 fully saturated rings. The third kappa shape index (κ3) is 3.15. The van der Waals surface area contributed by atoms with Crippen LogP contribution in [0.25, 0.3) is 11.0 Å². The number of fused-ring (bicyclic) bond motifs is 1. The number of hydrogen-bond acceptors (Lipinski definition) is 4. The topological polar surface area (TPSA) is 99.8 Å². The third-order valence-electron chi connectivity index (χ3n) is 3.11. The average molecular weight is 313 g/mol. The molecular weight excluding hydrogens is 301 g/mol. The van der Waals surface area contributed by atoms with Crippen LogP contribution < -0.4 is 10.6 Å². The van der Waals surface area contributed by atoms with Gasteiger partial charge in [0.25, 0.3) is 5.91 Å². The highest BCUT2D eigenvalue weighted by Gasteiger charge is 2.11. The first-order chi connectivity index (χ1) is 11.0. The van der Waals surface area contributed by atoms with Gasteiger partial charge in [0.1, 0.15) is 16.9 Å². The Kier molecular flexibility index (Phi) is 3.71. The molecule has 0 radical (unpaired) electrons. The van der Waals surface area contributed by atoms with E-state index in [-0.39, 0.29) is 11.6 Å². The molecule has 3 aromatic rings. The summed E-state index contributed by atoms with van der Waals surface area (Å²) in [6, 6.07) is 8.80. The van der Waals surface area contributed by atoms with Crippen LogP contribution >= 0.6 is 0 Å². The summed E-state index contributed by atoms with van der Waals surface area (Å²) >= 11 is 0. The van der Waals surface area contributed by atoms with E-state index < -0.39 is 11.7 Å². The molecular formula is C15H12FN5O2. The van der Waals surface area contributed by atoms with Crippen LogP contribution in [0.15, 0.2) is 36.4 Å². The van der Waals surface area contributed by atoms with Gasteiger partial charge in [-0.15, -0.1) is 0 Å². The highest BCUT2D eigenvalue weighted by Crippen LogP contribution is 2.20. The number of benzene rings is 2. The smallest absolute Gasteiger partial charge is 0.255 e. The lowest BCUT2D eigenvalue weighted by Gasteiger charge is -2.09. The Bertz CT molecular complexity index is 906. The van der Waals surface area contributed by atoms with Crippen molar-refractivity contribution in [2.24, 2.45) is 0 Å². The minimum atomic E-state index is -0.581. The number of hydrogen-bond donors (Lipinski definition) is 3. The predicted molar refractivity (Wildman–Crippen MR) is 82.5 cm³/mol. The Morgan fingerprint density at radius 3 is 2.61 bits per heavy atom. The summed E-state index contributed by atoms with van der Waals surface area (Å²) in [7, 11) is 0. The van der Waals surface area contributed by atoms with E-state index in [1.807, 2.05) is 0 Å². The maximum absolute atomic E-state index is 13.6. The van der Waals surface area contributed by atoms with E-state index in [1.165, 1.54) is 25.1 Å². The molecule has 3 rings (SSSR count). The van der Waals surface area contributed by atoms with E-state index in [4.69, 9.17) is 0 Å². The molecule has 0 atom stereocenters. The normalized spacial score (nSPS) is 10.5. The SMILES string of the molecule is CC(=O)Nc1cc(NC(=O)c2ccc3n[nH]nc3c2)ccc1F. The van der Waals surface area contributed by atoms with E-state index in [2.05, 4.69) is 26.0 Å². The van der Waals surface area contributed by atoms with Crippen molar-refractivity contribution in [2.75, 3.05) is 10.6 Å². The van der Waals surface area contributed by atoms with Crippen molar-refractivity contribution in [1.29, 1.82) is 0 Å². The lowest BCUT2D eigenvalue weighted by atomic mass is 10.2. The van der Waals surface area contributed by atoms with Gasteiger partial charge < -0.3 is 10.6 Å². The number of halogens is 1. The maximum Gasteiger partial charge on any atom is 0.255 e. The maximum atomic E-state index is 13.6. The zero-order valence-corrected chi connectivity index (χ0v) is 12.1. The van der Waals surface area contributed by atoms with Crippen LogP contribution in [0.4, 0.5) is 15.8 Å². The molecule has 0 bridgehead atoms. The van der Waals surface area contributed by atoms with Crippen molar-refractivity contribution in [3.63, 3.8) is 0 Å². The molecule has 0 unspecified atom stereocenters. The van der Waals surface area contributed by atoms with Gasteiger partial charge in [-0.2, -0.15) is 15.4 Å². The fourth-order valence-corrected chi connectivity index (χ4v) is 2.07. The zero-order chi connectivity index (χ0) is 16.4. The molecule has 7 nitrogen and oxygen atoms in total. The number of H-pyrrole nitrogens is 1. The summed E-state index contributed by atoms with van der Waals surface area (Å²) < 4.78 is 13.6. The van der Waals surface area contributed by atoms with Crippen LogP contribution in [0, 0.1) is 5.82 Å². The van der Waals surface area contributed by atoms with Crippen molar-refractivity contribution >= 4 is 34.2 Å². The summed E-state index contributed by atoms with van der Waals surface area (Å²) in [4.78, 5) is 23.3. The fourth-order valence-electron chi connectivity index (χ4n) is 2.07. The van der Waals surface area contributed by atoms with Crippen molar-refractivity contribution in [1.82, 2.24) is 15.4 Å². The van der Waals surface area contributed by atoms with Gasteiger partial charge in [-0.25, -0.2) is 4.39 Å². The molecule has 0 spiro atoms. The van der Waals surface area contributed by atoms with Crippen LogP contribution in [-0.2, 0) is 4.79 Å². The quantitative estimate of drug-likeness (QED) is 0.691. The number of aromatic nitrogens is 3. The molecule has 0 saturated heterocycles. The number of rotatable bonds is 3. The summed E-state index contributed by atoms with van der Waals surface area (Å²) in [5, 5.41) is 15.3. The van der Waals surface area contributed by atoms with Crippen LogP contribution in [-0.4, -0.2) is 27.2 Å². The highest BCUT2D eigenvalue weighted by molar-refractivity contribution is 6.06. The Hall–Kier alpha value is -3.29. The molecule has 3 N–H and O–H groups in total. The summed E-state index contributed by atoms with van der Waals surface area (Å²) in [6.45, 7) is 1.28. The molecule has 1 aromatic heterocycles. The number of anilines is 2. The Morgan fingerprint density at radius 1 is 1.04 bits per heavy atom. The zero-order valence-electron chi connectivity index (χ0n) is 12.1. The second kappa shape index (κ2) is 5.84. The second-order valence-electron chi connectivity index (χ2n) is 4.86. The van der Waals surface area contributed by atoms with Gasteiger partial charge >= 0.3 is 0 Å². The van der Waals surface area contributed by atoms with E-state index in [0.717, 1.165) is 0 Å². The van der Waals surface area contributed by atoms with E-state index in [9.17, 15) is 14.0 Å². The number of nitrogens with zero attached hydrogens (tertiary/aromatic N) is 2. The first-order valence-electron chi connectivity index (χ1n) is 6.72. The second-order valence-corrected chi connectivity index (χ2v) is 4.86. The molecule has 0 aliphatic rings. The molecule has 0 aliphatic carbocycles. The van der Waals surface area contributed by atoms with E-state index in [1.54, 1.807) is 18.2 Å². The predicted octanol–water partition coefficient (Wildman–Crippen LogP) is 2.31. The third-order valence-corrected chi connectivity index (χ3v) is 3.11. The summed E-state index contributed by atoms with van der Waals surface area (Å²) in [6.07, 6.45) is 0. The number of amides is 2. The standard InChI is InChI=1S/C15H12FN5O2/c1-8(22)17-13-7-10(3-4-11(13)16)18-15(23)9-2-5-12-14(6-9)20-21-19-12/h2-7H,1H3,(H,17,22)(H,18,23)(H,19,20,21). The first-order valence-corrected chi connectivity index (χ1v) is 6.72. The fraction of sp³-hybridized carbons (Fsp3) is 0.0667. The molecule has 2 amide bonds.